The molecule has 2 amide bonds. The van der Waals surface area contributed by atoms with Crippen molar-refractivity contribution in [2.24, 2.45) is 0 Å². The van der Waals surface area contributed by atoms with Gasteiger partial charge in [-0.25, -0.2) is 0 Å². The Hall–Kier alpha value is -4.10. The maximum atomic E-state index is 13.1. The number of hydrogen-bond donors (Lipinski definition) is 3. The second-order valence-electron chi connectivity index (χ2n) is 16.9. The third-order valence-electron chi connectivity index (χ3n) is 8.99. The molecular weight excluding hydrogens is 731 g/mol. The molecule has 0 saturated carbocycles. The lowest BCUT2D eigenvalue weighted by Crippen LogP contribution is -2.39. The van der Waals surface area contributed by atoms with Crippen LogP contribution in [0.2, 0.25) is 10.0 Å². The normalized spacial score (nSPS) is 20.4. The van der Waals surface area contributed by atoms with Gasteiger partial charge in [0.05, 0.1) is 17.8 Å². The number of ether oxygens (including phenoxy) is 1. The SMILES string of the molecule is CC(C)(C)O[C@@H]1C[C@@H](C(=O)Nc2cc(C(C)(C)C)on2)N(c2ccc(Cl)cc2)C1.CC(C)(C)c1cc(NC(=O)[C@@H]2C[C@@H](O)CN2c2ccc(Cl)cc2)no1. The molecule has 292 valence electrons. The molecule has 3 N–H and O–H groups in total. The van der Waals surface area contributed by atoms with Crippen LogP contribution in [0, 0.1) is 0 Å². The Balaban J connectivity index is 0.000000210. The molecule has 2 aliphatic heterocycles. The van der Waals surface area contributed by atoms with Crippen molar-refractivity contribution in [3.8, 4) is 0 Å². The Morgan fingerprint density at radius 2 is 1.11 bits per heavy atom. The van der Waals surface area contributed by atoms with Crippen molar-refractivity contribution in [1.29, 1.82) is 0 Å². The molecule has 2 saturated heterocycles. The zero-order chi connectivity index (χ0) is 39.6. The highest BCUT2D eigenvalue weighted by Gasteiger charge is 2.40. The number of carbonyl (C=O) groups is 2. The quantitative estimate of drug-likeness (QED) is 0.168. The molecule has 6 rings (SSSR count). The second kappa shape index (κ2) is 16.3. The van der Waals surface area contributed by atoms with Gasteiger partial charge in [-0.05, 0) is 69.3 Å². The Morgan fingerprint density at radius 3 is 1.50 bits per heavy atom. The summed E-state index contributed by atoms with van der Waals surface area (Å²) in [7, 11) is 0. The number of nitrogens with one attached hydrogen (secondary N) is 2. The van der Waals surface area contributed by atoms with E-state index in [0.29, 0.717) is 53.4 Å². The maximum Gasteiger partial charge on any atom is 0.248 e. The fourth-order valence-corrected chi connectivity index (χ4v) is 6.58. The van der Waals surface area contributed by atoms with Crippen molar-refractivity contribution >= 4 is 58.0 Å². The smallest absolute Gasteiger partial charge is 0.248 e. The molecule has 2 aromatic heterocycles. The number of β-amino-alcohol motifs (C(OH)–C–C–N with tert-alkyl or cyclic N) is 1. The summed E-state index contributed by atoms with van der Waals surface area (Å²) in [6, 6.07) is 17.4. The molecule has 4 atom stereocenters. The van der Waals surface area contributed by atoms with E-state index < -0.39 is 12.1 Å². The Labute approximate surface area is 327 Å². The van der Waals surface area contributed by atoms with E-state index in [2.05, 4.69) is 25.8 Å². The van der Waals surface area contributed by atoms with Crippen molar-refractivity contribution in [1.82, 2.24) is 10.3 Å². The minimum atomic E-state index is -0.561. The number of benzene rings is 2. The van der Waals surface area contributed by atoms with Crippen LogP contribution in [0.3, 0.4) is 0 Å². The number of aliphatic hydroxyl groups is 1. The topological polar surface area (TPSA) is 146 Å². The Kier molecular flexibility index (Phi) is 12.4. The highest BCUT2D eigenvalue weighted by atomic mass is 35.5. The number of carbonyl (C=O) groups excluding carboxylic acids is 2. The third-order valence-corrected chi connectivity index (χ3v) is 9.49. The second-order valence-corrected chi connectivity index (χ2v) is 17.8. The van der Waals surface area contributed by atoms with Gasteiger partial charge < -0.3 is 39.3 Å². The maximum absolute atomic E-state index is 13.1. The number of halogens is 2. The highest BCUT2D eigenvalue weighted by Crippen LogP contribution is 2.33. The molecule has 12 nitrogen and oxygen atoms in total. The first kappa shape index (κ1) is 41.1. The number of aliphatic hydroxyl groups excluding tert-OH is 1. The largest absolute Gasteiger partial charge is 0.391 e. The Bertz CT molecular complexity index is 1870. The summed E-state index contributed by atoms with van der Waals surface area (Å²) in [5, 5.41) is 24.9. The van der Waals surface area contributed by atoms with E-state index in [9.17, 15) is 14.7 Å². The van der Waals surface area contributed by atoms with Crippen LogP contribution in [0.4, 0.5) is 23.0 Å². The number of hydrogen-bond acceptors (Lipinski definition) is 10. The molecular formula is C40H52Cl2N6O6. The first-order valence-electron chi connectivity index (χ1n) is 18.1. The van der Waals surface area contributed by atoms with Gasteiger partial charge in [0.25, 0.3) is 0 Å². The van der Waals surface area contributed by atoms with Gasteiger partial charge >= 0.3 is 0 Å². The fourth-order valence-electron chi connectivity index (χ4n) is 6.32. The molecule has 2 fully saturated rings. The molecule has 4 heterocycles. The summed E-state index contributed by atoms with van der Waals surface area (Å²) < 4.78 is 16.9. The van der Waals surface area contributed by atoms with Crippen LogP contribution in [0.1, 0.15) is 86.7 Å². The number of anilines is 4. The van der Waals surface area contributed by atoms with Crippen molar-refractivity contribution in [3.05, 3.63) is 82.2 Å². The standard InChI is InChI=1S/C22H30ClN3O3.C18H22ClN3O3/c1-21(2,3)18-12-19(25-29-18)24-20(27)17-11-16(28-22(4,5)6)13-26(17)15-9-7-14(23)8-10-15;1-18(2,3)15-9-16(21-25-15)20-17(24)14-8-13(23)10-22(14)12-6-4-11(19)5-7-12/h7-10,12,16-17H,11,13H2,1-6H3,(H,24,25,27);4-7,9,13-14,23H,8,10H2,1-3H3,(H,20,21,24)/t16-,17+;13-,14+/m11/s1. The first-order valence-corrected chi connectivity index (χ1v) is 18.9. The molecule has 0 radical (unpaired) electrons. The van der Waals surface area contributed by atoms with Crippen molar-refractivity contribution < 1.29 is 28.5 Å². The predicted molar refractivity (Wildman–Crippen MR) is 213 cm³/mol. The number of amides is 2. The summed E-state index contributed by atoms with van der Waals surface area (Å²) >= 11 is 12.0. The van der Waals surface area contributed by atoms with Crippen molar-refractivity contribution in [2.45, 2.75) is 116 Å². The molecule has 0 spiro atoms. The minimum absolute atomic E-state index is 0.0520. The van der Waals surface area contributed by atoms with E-state index >= 15 is 0 Å². The van der Waals surface area contributed by atoms with Gasteiger partial charge in [0.1, 0.15) is 23.6 Å². The van der Waals surface area contributed by atoms with E-state index in [-0.39, 0.29) is 40.4 Å². The summed E-state index contributed by atoms with van der Waals surface area (Å²) in [5.74, 6) is 1.88. The molecule has 0 aliphatic carbocycles. The molecule has 0 unspecified atom stereocenters. The first-order chi connectivity index (χ1) is 25.2. The predicted octanol–water partition coefficient (Wildman–Crippen LogP) is 8.23. The molecule has 2 aromatic carbocycles. The zero-order valence-corrected chi connectivity index (χ0v) is 34.0. The number of aromatic nitrogens is 2. The minimum Gasteiger partial charge on any atom is -0.391 e. The van der Waals surface area contributed by atoms with Gasteiger partial charge in [0.15, 0.2) is 11.6 Å². The van der Waals surface area contributed by atoms with Gasteiger partial charge in [-0.1, -0.05) is 75.1 Å². The number of nitrogens with zero attached hydrogens (tertiary/aromatic N) is 4. The van der Waals surface area contributed by atoms with Gasteiger partial charge in [-0.2, -0.15) is 0 Å². The number of rotatable bonds is 7. The van der Waals surface area contributed by atoms with Crippen LogP contribution < -0.4 is 20.4 Å². The van der Waals surface area contributed by atoms with Gasteiger partial charge in [-0.3, -0.25) is 9.59 Å². The van der Waals surface area contributed by atoms with E-state index in [1.54, 1.807) is 24.3 Å². The average Bonchev–Trinajstić information content (AvgIpc) is 3.88. The van der Waals surface area contributed by atoms with Crippen LogP contribution >= 0.6 is 23.2 Å². The summed E-state index contributed by atoms with van der Waals surface area (Å²) in [6.45, 7) is 19.2. The Morgan fingerprint density at radius 1 is 0.704 bits per heavy atom. The molecule has 4 aromatic rings. The van der Waals surface area contributed by atoms with Crippen molar-refractivity contribution in [3.63, 3.8) is 0 Å². The van der Waals surface area contributed by atoms with Crippen LogP contribution in [-0.2, 0) is 25.2 Å². The lowest BCUT2D eigenvalue weighted by Gasteiger charge is -2.26. The average molecular weight is 784 g/mol. The van der Waals surface area contributed by atoms with Crippen LogP contribution in [-0.4, -0.2) is 70.2 Å². The fraction of sp³-hybridized carbons (Fsp3) is 0.500. The van der Waals surface area contributed by atoms with Crippen molar-refractivity contribution in [2.75, 3.05) is 33.5 Å². The molecule has 2 aliphatic rings. The molecule has 54 heavy (non-hydrogen) atoms. The summed E-state index contributed by atoms with van der Waals surface area (Å²) in [4.78, 5) is 29.8. The van der Waals surface area contributed by atoms with E-state index in [1.807, 2.05) is 104 Å². The van der Waals surface area contributed by atoms with E-state index in [0.717, 1.165) is 17.1 Å². The van der Waals surface area contributed by atoms with E-state index in [1.165, 1.54) is 0 Å². The monoisotopic (exact) mass is 782 g/mol. The lowest BCUT2D eigenvalue weighted by atomic mass is 9.93. The van der Waals surface area contributed by atoms with Crippen LogP contribution in [0.15, 0.2) is 69.7 Å². The van der Waals surface area contributed by atoms with Gasteiger partial charge in [-0.15, -0.1) is 0 Å². The zero-order valence-electron chi connectivity index (χ0n) is 32.4. The summed E-state index contributed by atoms with van der Waals surface area (Å²) in [5.41, 5.74) is 1.14. The molecule has 14 heteroatoms. The van der Waals surface area contributed by atoms with Crippen LogP contribution in [0.25, 0.3) is 0 Å². The van der Waals surface area contributed by atoms with E-state index in [4.69, 9.17) is 37.0 Å². The highest BCUT2D eigenvalue weighted by molar-refractivity contribution is 6.31. The third kappa shape index (κ3) is 10.8. The summed E-state index contributed by atoms with van der Waals surface area (Å²) in [6.07, 6.45) is 0.339. The molecule has 0 bridgehead atoms. The van der Waals surface area contributed by atoms with Gasteiger partial charge in [0, 0.05) is 70.3 Å². The van der Waals surface area contributed by atoms with Gasteiger partial charge in [0.2, 0.25) is 11.8 Å². The lowest BCUT2D eigenvalue weighted by molar-refractivity contribution is -0.118. The van der Waals surface area contributed by atoms with Crippen LogP contribution in [0.5, 0.6) is 0 Å².